The van der Waals surface area contributed by atoms with Gasteiger partial charge in [-0.3, -0.25) is 0 Å². The molecule has 2 rings (SSSR count). The molecule has 1 aliphatic rings. The summed E-state index contributed by atoms with van der Waals surface area (Å²) in [7, 11) is 1.64. The Kier molecular flexibility index (Phi) is 9.18. The lowest BCUT2D eigenvalue weighted by Gasteiger charge is -2.38. The standard InChI is InChI=1S/C26H41NO6/c1-17(27-24(29)33-25(3,4)5)23(28)32-18(2)22(26(6,7)31-16-20-9-10-20)15-19-11-13-21(30-8)14-12-19/h11-14,17-18,20,22H,9-10,15-16H2,1-8H3,(H,27,29)/t17-,18-,22-/m0/s1. The molecule has 1 N–H and O–H groups in total. The predicted molar refractivity (Wildman–Crippen MR) is 127 cm³/mol. The summed E-state index contributed by atoms with van der Waals surface area (Å²) >= 11 is 0. The Bertz CT molecular complexity index is 779. The summed E-state index contributed by atoms with van der Waals surface area (Å²) < 4.78 is 22.6. The topological polar surface area (TPSA) is 83.1 Å². The Hall–Kier alpha value is -2.28. The van der Waals surface area contributed by atoms with E-state index < -0.39 is 35.4 Å². The highest BCUT2D eigenvalue weighted by Crippen LogP contribution is 2.35. The molecule has 1 aromatic rings. The summed E-state index contributed by atoms with van der Waals surface area (Å²) in [6, 6.07) is 7.05. The zero-order valence-corrected chi connectivity index (χ0v) is 21.4. The van der Waals surface area contributed by atoms with Crippen LogP contribution in [0.15, 0.2) is 24.3 Å². The fourth-order valence-corrected chi connectivity index (χ4v) is 3.63. The monoisotopic (exact) mass is 463 g/mol. The van der Waals surface area contributed by atoms with Gasteiger partial charge in [0.05, 0.1) is 19.3 Å². The molecule has 0 unspecified atom stereocenters. The van der Waals surface area contributed by atoms with Crippen LogP contribution in [0.1, 0.15) is 66.9 Å². The SMILES string of the molecule is COc1ccc(C[C@@H]([C@H](C)OC(=O)[C@H](C)NC(=O)OC(C)(C)C)C(C)(C)OCC2CC2)cc1. The Morgan fingerprint density at radius 3 is 2.18 bits per heavy atom. The number of esters is 1. The Labute approximate surface area is 198 Å². The number of nitrogens with one attached hydrogen (secondary N) is 1. The van der Waals surface area contributed by atoms with Gasteiger partial charge in [0, 0.05) is 5.92 Å². The van der Waals surface area contributed by atoms with Crippen LogP contribution in [-0.2, 0) is 25.4 Å². The van der Waals surface area contributed by atoms with E-state index >= 15 is 0 Å². The summed E-state index contributed by atoms with van der Waals surface area (Å²) in [6.45, 7) is 13.6. The highest BCUT2D eigenvalue weighted by molar-refractivity contribution is 5.81. The van der Waals surface area contributed by atoms with Crippen LogP contribution in [0.3, 0.4) is 0 Å². The van der Waals surface area contributed by atoms with Crippen molar-refractivity contribution in [2.45, 2.75) is 91.1 Å². The average Bonchev–Trinajstić information content (AvgIpc) is 3.53. The number of carbonyl (C=O) groups is 2. The maximum atomic E-state index is 12.7. The van der Waals surface area contributed by atoms with Gasteiger partial charge in [0.2, 0.25) is 0 Å². The fraction of sp³-hybridized carbons (Fsp3) is 0.692. The first kappa shape index (κ1) is 27.0. The molecule has 1 saturated carbocycles. The third-order valence-corrected chi connectivity index (χ3v) is 5.85. The number of alkyl carbamates (subject to hydrolysis) is 1. The van der Waals surface area contributed by atoms with Crippen molar-refractivity contribution >= 4 is 12.1 Å². The van der Waals surface area contributed by atoms with Gasteiger partial charge < -0.3 is 24.3 Å². The van der Waals surface area contributed by atoms with Gasteiger partial charge >= 0.3 is 12.1 Å². The fourth-order valence-electron chi connectivity index (χ4n) is 3.63. The molecule has 186 valence electrons. The smallest absolute Gasteiger partial charge is 0.408 e. The van der Waals surface area contributed by atoms with Gasteiger partial charge in [0.1, 0.15) is 23.5 Å². The van der Waals surface area contributed by atoms with Crippen molar-refractivity contribution in [1.29, 1.82) is 0 Å². The van der Waals surface area contributed by atoms with Gasteiger partial charge in [0.25, 0.3) is 0 Å². The molecule has 1 amide bonds. The summed E-state index contributed by atoms with van der Waals surface area (Å²) in [5.41, 5.74) is -0.0519. The van der Waals surface area contributed by atoms with Crippen LogP contribution in [0.25, 0.3) is 0 Å². The number of carbonyl (C=O) groups excluding carboxylic acids is 2. The Morgan fingerprint density at radius 1 is 1.06 bits per heavy atom. The lowest BCUT2D eigenvalue weighted by molar-refractivity contribution is -0.161. The second-order valence-corrected chi connectivity index (χ2v) is 10.5. The number of benzene rings is 1. The first-order valence-electron chi connectivity index (χ1n) is 11.8. The van der Waals surface area contributed by atoms with Crippen LogP contribution in [0.4, 0.5) is 4.79 Å². The van der Waals surface area contributed by atoms with Crippen molar-refractivity contribution in [2.24, 2.45) is 11.8 Å². The molecular weight excluding hydrogens is 422 g/mol. The molecule has 33 heavy (non-hydrogen) atoms. The minimum absolute atomic E-state index is 0.0951. The van der Waals surface area contributed by atoms with E-state index in [1.807, 2.05) is 31.2 Å². The molecule has 0 bridgehead atoms. The molecular formula is C26H41NO6. The van der Waals surface area contributed by atoms with Crippen LogP contribution in [0.2, 0.25) is 0 Å². The third-order valence-electron chi connectivity index (χ3n) is 5.85. The summed E-state index contributed by atoms with van der Waals surface area (Å²) in [5.74, 6) is 0.816. The van der Waals surface area contributed by atoms with E-state index in [2.05, 4.69) is 19.2 Å². The second-order valence-electron chi connectivity index (χ2n) is 10.5. The maximum absolute atomic E-state index is 12.7. The molecule has 7 nitrogen and oxygen atoms in total. The molecule has 0 aliphatic heterocycles. The first-order valence-corrected chi connectivity index (χ1v) is 11.8. The maximum Gasteiger partial charge on any atom is 0.408 e. The number of ether oxygens (including phenoxy) is 4. The second kappa shape index (κ2) is 11.2. The normalized spacial score (nSPS) is 17.0. The molecule has 1 aliphatic carbocycles. The van der Waals surface area contributed by atoms with Gasteiger partial charge in [-0.15, -0.1) is 0 Å². The zero-order valence-electron chi connectivity index (χ0n) is 21.4. The van der Waals surface area contributed by atoms with E-state index in [0.717, 1.165) is 11.3 Å². The molecule has 7 heteroatoms. The highest BCUT2D eigenvalue weighted by atomic mass is 16.6. The Morgan fingerprint density at radius 2 is 1.67 bits per heavy atom. The molecule has 0 aromatic heterocycles. The number of hydrogen-bond acceptors (Lipinski definition) is 6. The molecule has 0 saturated heterocycles. The minimum atomic E-state index is -0.834. The van der Waals surface area contributed by atoms with E-state index in [4.69, 9.17) is 18.9 Å². The molecule has 1 fully saturated rings. The van der Waals surface area contributed by atoms with E-state index in [1.54, 1.807) is 34.8 Å². The summed E-state index contributed by atoms with van der Waals surface area (Å²) in [5, 5.41) is 2.55. The quantitative estimate of drug-likeness (QED) is 0.470. The minimum Gasteiger partial charge on any atom is -0.497 e. The summed E-state index contributed by atoms with van der Waals surface area (Å²) in [6.07, 6.45) is 2.00. The lowest BCUT2D eigenvalue weighted by atomic mass is 9.81. The van der Waals surface area contributed by atoms with Crippen molar-refractivity contribution in [3.05, 3.63) is 29.8 Å². The third kappa shape index (κ3) is 9.24. The van der Waals surface area contributed by atoms with Crippen molar-refractivity contribution in [3.8, 4) is 5.75 Å². The summed E-state index contributed by atoms with van der Waals surface area (Å²) in [4.78, 5) is 24.8. The van der Waals surface area contributed by atoms with E-state index in [-0.39, 0.29) is 5.92 Å². The predicted octanol–water partition coefficient (Wildman–Crippen LogP) is 4.90. The van der Waals surface area contributed by atoms with Gasteiger partial charge in [0.15, 0.2) is 0 Å². The van der Waals surface area contributed by atoms with E-state index in [1.165, 1.54) is 12.8 Å². The van der Waals surface area contributed by atoms with Crippen LogP contribution in [0, 0.1) is 11.8 Å². The van der Waals surface area contributed by atoms with Crippen LogP contribution < -0.4 is 10.1 Å². The average molecular weight is 464 g/mol. The number of amides is 1. The first-order chi connectivity index (χ1) is 15.3. The van der Waals surface area contributed by atoms with Crippen LogP contribution >= 0.6 is 0 Å². The molecule has 1 aromatic carbocycles. The number of hydrogen-bond donors (Lipinski definition) is 1. The number of rotatable bonds is 11. The zero-order chi connectivity index (χ0) is 24.8. The van der Waals surface area contributed by atoms with Gasteiger partial charge in [-0.1, -0.05) is 12.1 Å². The van der Waals surface area contributed by atoms with Crippen molar-refractivity contribution < 1.29 is 28.5 Å². The van der Waals surface area contributed by atoms with E-state index in [0.29, 0.717) is 18.9 Å². The highest BCUT2D eigenvalue weighted by Gasteiger charge is 2.38. The van der Waals surface area contributed by atoms with Gasteiger partial charge in [-0.05, 0) is 91.3 Å². The largest absolute Gasteiger partial charge is 0.497 e. The molecule has 3 atom stereocenters. The molecule has 0 spiro atoms. The van der Waals surface area contributed by atoms with Crippen molar-refractivity contribution in [2.75, 3.05) is 13.7 Å². The van der Waals surface area contributed by atoms with Gasteiger partial charge in [-0.2, -0.15) is 0 Å². The molecule has 0 heterocycles. The van der Waals surface area contributed by atoms with Gasteiger partial charge in [-0.25, -0.2) is 9.59 Å². The molecule has 0 radical (unpaired) electrons. The Balaban J connectivity index is 2.07. The van der Waals surface area contributed by atoms with Crippen molar-refractivity contribution in [3.63, 3.8) is 0 Å². The van der Waals surface area contributed by atoms with E-state index in [9.17, 15) is 9.59 Å². The van der Waals surface area contributed by atoms with Crippen LogP contribution in [-0.4, -0.2) is 49.1 Å². The van der Waals surface area contributed by atoms with Crippen molar-refractivity contribution in [1.82, 2.24) is 5.32 Å². The number of methoxy groups -OCH3 is 1. The van der Waals surface area contributed by atoms with Crippen LogP contribution in [0.5, 0.6) is 5.75 Å². The lowest BCUT2D eigenvalue weighted by Crippen LogP contribution is -2.47.